The van der Waals surface area contributed by atoms with Crippen LogP contribution >= 0.6 is 0 Å². The molecule has 32 heavy (non-hydrogen) atoms. The highest BCUT2D eigenvalue weighted by atomic mass is 16.6. The number of phenolic OH excluding ortho intramolecular Hbond substituents is 1. The van der Waals surface area contributed by atoms with E-state index in [1.807, 2.05) is 30.3 Å². The Morgan fingerprint density at radius 1 is 0.906 bits per heavy atom. The van der Waals surface area contributed by atoms with Crippen molar-refractivity contribution in [2.24, 2.45) is 0 Å². The van der Waals surface area contributed by atoms with Gasteiger partial charge in [0.05, 0.1) is 0 Å². The van der Waals surface area contributed by atoms with Crippen LogP contribution in [0.15, 0.2) is 54.6 Å². The molecule has 0 saturated carbocycles. The number of aryl methyl sites for hydroxylation is 1. The number of benzene rings is 2. The molecule has 2 aromatic rings. The molecule has 2 aromatic carbocycles. The first kappa shape index (κ1) is 24.7. The number of carbonyl (C=O) groups is 3. The van der Waals surface area contributed by atoms with Crippen molar-refractivity contribution in [2.45, 2.75) is 57.7 Å². The quantitative estimate of drug-likeness (QED) is 0.473. The molecular formula is C24H30N2O6. The highest BCUT2D eigenvalue weighted by Crippen LogP contribution is 2.13. The molecule has 0 radical (unpaired) electrons. The SMILES string of the molecule is CC(C)(C)OC(=O)NC(CCc1ccccc1)C(=O)NC(Cc1ccc(O)cc1)C(=O)O. The van der Waals surface area contributed by atoms with E-state index in [0.717, 1.165) is 5.56 Å². The Morgan fingerprint density at radius 3 is 2.09 bits per heavy atom. The van der Waals surface area contributed by atoms with E-state index in [1.54, 1.807) is 32.9 Å². The maximum absolute atomic E-state index is 12.9. The molecule has 0 bridgehead atoms. The molecule has 0 aliphatic rings. The summed E-state index contributed by atoms with van der Waals surface area (Å²) in [5.74, 6) is -1.75. The third kappa shape index (κ3) is 8.67. The van der Waals surface area contributed by atoms with Gasteiger partial charge in [0.2, 0.25) is 5.91 Å². The summed E-state index contributed by atoms with van der Waals surface area (Å²) in [6, 6.07) is 13.3. The first-order valence-electron chi connectivity index (χ1n) is 10.4. The Bertz CT molecular complexity index is 906. The van der Waals surface area contributed by atoms with Gasteiger partial charge < -0.3 is 25.6 Å². The molecule has 2 amide bonds. The molecule has 0 fully saturated rings. The van der Waals surface area contributed by atoms with Gasteiger partial charge in [0.1, 0.15) is 23.4 Å². The number of aromatic hydroxyl groups is 1. The number of ether oxygens (including phenoxy) is 1. The number of rotatable bonds is 9. The van der Waals surface area contributed by atoms with Crippen LogP contribution in [-0.2, 0) is 27.2 Å². The molecular weight excluding hydrogens is 412 g/mol. The van der Waals surface area contributed by atoms with E-state index < -0.39 is 35.7 Å². The second-order valence-electron chi connectivity index (χ2n) is 8.49. The first-order chi connectivity index (χ1) is 15.0. The zero-order valence-electron chi connectivity index (χ0n) is 18.5. The highest BCUT2D eigenvalue weighted by Gasteiger charge is 2.28. The minimum Gasteiger partial charge on any atom is -0.508 e. The number of alkyl carbamates (subject to hydrolysis) is 1. The number of carbonyl (C=O) groups excluding carboxylic acids is 2. The summed E-state index contributed by atoms with van der Waals surface area (Å²) < 4.78 is 5.26. The lowest BCUT2D eigenvalue weighted by molar-refractivity contribution is -0.142. The molecule has 4 N–H and O–H groups in total. The molecule has 2 rings (SSSR count). The Labute approximate surface area is 187 Å². The first-order valence-corrected chi connectivity index (χ1v) is 10.4. The van der Waals surface area contributed by atoms with E-state index >= 15 is 0 Å². The van der Waals surface area contributed by atoms with Crippen LogP contribution in [0.5, 0.6) is 5.75 Å². The average molecular weight is 443 g/mol. The normalized spacial score (nSPS) is 13.0. The Hall–Kier alpha value is -3.55. The van der Waals surface area contributed by atoms with Crippen molar-refractivity contribution in [1.82, 2.24) is 10.6 Å². The van der Waals surface area contributed by atoms with Crippen molar-refractivity contribution < 1.29 is 29.3 Å². The molecule has 172 valence electrons. The summed E-state index contributed by atoms with van der Waals surface area (Å²) in [6.07, 6.45) is 0.0423. The predicted molar refractivity (Wildman–Crippen MR) is 119 cm³/mol. The molecule has 0 aromatic heterocycles. The molecule has 0 spiro atoms. The number of amides is 2. The van der Waals surface area contributed by atoms with E-state index in [1.165, 1.54) is 12.1 Å². The van der Waals surface area contributed by atoms with Crippen molar-refractivity contribution in [2.75, 3.05) is 0 Å². The van der Waals surface area contributed by atoms with Crippen LogP contribution in [0.1, 0.15) is 38.3 Å². The van der Waals surface area contributed by atoms with Crippen molar-refractivity contribution in [3.8, 4) is 5.75 Å². The summed E-state index contributed by atoms with van der Waals surface area (Å²) >= 11 is 0. The summed E-state index contributed by atoms with van der Waals surface area (Å²) in [5, 5.41) is 24.1. The fraction of sp³-hybridized carbons (Fsp3) is 0.375. The Kier molecular flexibility index (Phi) is 8.63. The predicted octanol–water partition coefficient (Wildman–Crippen LogP) is 3.03. The largest absolute Gasteiger partial charge is 0.508 e. The van der Waals surface area contributed by atoms with Gasteiger partial charge in [-0.1, -0.05) is 42.5 Å². The monoisotopic (exact) mass is 442 g/mol. The van der Waals surface area contributed by atoms with Gasteiger partial charge in [-0.25, -0.2) is 9.59 Å². The van der Waals surface area contributed by atoms with E-state index in [-0.39, 0.29) is 18.6 Å². The Morgan fingerprint density at radius 2 is 1.53 bits per heavy atom. The van der Waals surface area contributed by atoms with Gasteiger partial charge in [0, 0.05) is 6.42 Å². The smallest absolute Gasteiger partial charge is 0.408 e. The fourth-order valence-corrected chi connectivity index (χ4v) is 3.01. The topological polar surface area (TPSA) is 125 Å². The van der Waals surface area contributed by atoms with Gasteiger partial charge >= 0.3 is 12.1 Å². The van der Waals surface area contributed by atoms with Crippen molar-refractivity contribution >= 4 is 18.0 Å². The minimum atomic E-state index is -1.20. The van der Waals surface area contributed by atoms with Gasteiger partial charge in [-0.2, -0.15) is 0 Å². The van der Waals surface area contributed by atoms with Gasteiger partial charge in [-0.3, -0.25) is 4.79 Å². The van der Waals surface area contributed by atoms with Crippen LogP contribution in [0.2, 0.25) is 0 Å². The van der Waals surface area contributed by atoms with Crippen LogP contribution < -0.4 is 10.6 Å². The maximum Gasteiger partial charge on any atom is 0.408 e. The lowest BCUT2D eigenvalue weighted by atomic mass is 10.0. The zero-order valence-corrected chi connectivity index (χ0v) is 18.5. The number of nitrogens with one attached hydrogen (secondary N) is 2. The van der Waals surface area contributed by atoms with E-state index in [9.17, 15) is 24.6 Å². The maximum atomic E-state index is 12.9. The molecule has 0 aliphatic heterocycles. The van der Waals surface area contributed by atoms with Crippen molar-refractivity contribution in [3.63, 3.8) is 0 Å². The molecule has 0 heterocycles. The molecule has 8 nitrogen and oxygen atoms in total. The number of hydrogen-bond acceptors (Lipinski definition) is 5. The van der Waals surface area contributed by atoms with Crippen LogP contribution in [0.4, 0.5) is 4.79 Å². The van der Waals surface area contributed by atoms with Crippen LogP contribution in [0, 0.1) is 0 Å². The third-order valence-corrected chi connectivity index (χ3v) is 4.56. The summed E-state index contributed by atoms with van der Waals surface area (Å²) in [4.78, 5) is 37.0. The van der Waals surface area contributed by atoms with E-state index in [0.29, 0.717) is 12.0 Å². The van der Waals surface area contributed by atoms with Crippen LogP contribution in [0.3, 0.4) is 0 Å². The molecule has 0 aliphatic carbocycles. The lowest BCUT2D eigenvalue weighted by Gasteiger charge is -2.24. The average Bonchev–Trinajstić information content (AvgIpc) is 2.71. The molecule has 8 heteroatoms. The highest BCUT2D eigenvalue weighted by molar-refractivity contribution is 5.89. The van der Waals surface area contributed by atoms with Gasteiger partial charge in [-0.15, -0.1) is 0 Å². The van der Waals surface area contributed by atoms with Gasteiger partial charge in [0.15, 0.2) is 0 Å². The minimum absolute atomic E-state index is 0.0270. The summed E-state index contributed by atoms with van der Waals surface area (Å²) in [5.41, 5.74) is 0.874. The summed E-state index contributed by atoms with van der Waals surface area (Å²) in [6.45, 7) is 5.14. The Balaban J connectivity index is 2.11. The number of carboxylic acid groups (broad SMARTS) is 1. The standard InChI is InChI=1S/C24H30N2O6/c1-24(2,3)32-23(31)26-19(14-11-16-7-5-4-6-8-16)21(28)25-20(22(29)30)15-17-9-12-18(27)13-10-17/h4-10,12-13,19-20,27H,11,14-15H2,1-3H3,(H,25,28)(H,26,31)(H,29,30). The van der Waals surface area contributed by atoms with E-state index in [2.05, 4.69) is 10.6 Å². The molecule has 2 atom stereocenters. The van der Waals surface area contributed by atoms with Crippen molar-refractivity contribution in [3.05, 3.63) is 65.7 Å². The van der Waals surface area contributed by atoms with Crippen molar-refractivity contribution in [1.29, 1.82) is 0 Å². The zero-order chi connectivity index (χ0) is 23.7. The summed E-state index contributed by atoms with van der Waals surface area (Å²) in [7, 11) is 0. The number of aliphatic carboxylic acids is 1. The molecule has 0 saturated heterocycles. The third-order valence-electron chi connectivity index (χ3n) is 4.56. The second kappa shape index (κ2) is 11.2. The van der Waals surface area contributed by atoms with Crippen LogP contribution in [0.25, 0.3) is 0 Å². The van der Waals surface area contributed by atoms with Gasteiger partial charge in [0.25, 0.3) is 0 Å². The molecule has 2 unspecified atom stereocenters. The fourth-order valence-electron chi connectivity index (χ4n) is 3.01. The number of carboxylic acids is 1. The van der Waals surface area contributed by atoms with Gasteiger partial charge in [-0.05, 0) is 56.9 Å². The second-order valence-corrected chi connectivity index (χ2v) is 8.49. The number of phenols is 1. The lowest BCUT2D eigenvalue weighted by Crippen LogP contribution is -2.53. The number of hydrogen-bond donors (Lipinski definition) is 4. The van der Waals surface area contributed by atoms with Crippen LogP contribution in [-0.4, -0.2) is 45.9 Å². The van der Waals surface area contributed by atoms with E-state index in [4.69, 9.17) is 4.74 Å².